The van der Waals surface area contributed by atoms with Gasteiger partial charge in [-0.25, -0.2) is 4.98 Å². The first-order valence-corrected chi connectivity index (χ1v) is 2.91. The summed E-state index contributed by atoms with van der Waals surface area (Å²) in [5.74, 6) is -1.31. The fraction of sp³-hybridized carbons (Fsp3) is 0. The van der Waals surface area contributed by atoms with Crippen molar-refractivity contribution in [3.05, 3.63) is 29.0 Å². The maximum Gasteiger partial charge on any atom is 1.00 e. The summed E-state index contributed by atoms with van der Waals surface area (Å²) in [5.41, 5.74) is -0.0795. The van der Waals surface area contributed by atoms with Gasteiger partial charge in [-0.3, -0.25) is 0 Å². The number of hydrogen-bond acceptors (Lipinski definition) is 3. The fourth-order valence-electron chi connectivity index (χ4n) is 0.538. The van der Waals surface area contributed by atoms with E-state index in [4.69, 9.17) is 11.6 Å². The molecule has 0 aliphatic carbocycles. The van der Waals surface area contributed by atoms with Crippen molar-refractivity contribution in [3.8, 4) is 0 Å². The number of pyridine rings is 1. The maximum atomic E-state index is 10.2. The van der Waals surface area contributed by atoms with Gasteiger partial charge < -0.3 is 9.90 Å². The molecule has 5 heteroatoms. The second-order valence-electron chi connectivity index (χ2n) is 1.63. The molecule has 0 atom stereocenters. The van der Waals surface area contributed by atoms with E-state index >= 15 is 0 Å². The van der Waals surface area contributed by atoms with E-state index in [9.17, 15) is 9.90 Å². The van der Waals surface area contributed by atoms with Gasteiger partial charge in [-0.05, 0) is 12.1 Å². The van der Waals surface area contributed by atoms with Crippen LogP contribution in [0.5, 0.6) is 0 Å². The van der Waals surface area contributed by atoms with Crippen molar-refractivity contribution in [2.45, 2.75) is 0 Å². The van der Waals surface area contributed by atoms with Crippen molar-refractivity contribution in [2.24, 2.45) is 0 Å². The predicted molar refractivity (Wildman–Crippen MR) is 33.6 cm³/mol. The zero-order chi connectivity index (χ0) is 7.56. The Hall–Kier alpha value is 0.546. The SMILES string of the molecule is O=C([O-])c1cccnc1Cl.[K+]. The van der Waals surface area contributed by atoms with E-state index in [1.54, 1.807) is 0 Å². The molecule has 11 heavy (non-hydrogen) atoms. The summed E-state index contributed by atoms with van der Waals surface area (Å²) in [5, 5.41) is 10.1. The molecule has 0 aliphatic heterocycles. The molecule has 1 aromatic heterocycles. The molecule has 0 spiro atoms. The van der Waals surface area contributed by atoms with Gasteiger partial charge in [0.25, 0.3) is 0 Å². The van der Waals surface area contributed by atoms with E-state index < -0.39 is 5.97 Å². The average Bonchev–Trinajstić information content (AvgIpc) is 1.88. The van der Waals surface area contributed by atoms with Crippen LogP contribution in [0.15, 0.2) is 18.3 Å². The standard InChI is InChI=1S/C6H4ClNO2.K/c7-5-4(6(9)10)2-1-3-8-5;/h1-3H,(H,9,10);/q;+1/p-1. The van der Waals surface area contributed by atoms with E-state index in [2.05, 4.69) is 4.98 Å². The van der Waals surface area contributed by atoms with E-state index in [1.807, 2.05) is 0 Å². The van der Waals surface area contributed by atoms with Crippen LogP contribution in [-0.4, -0.2) is 11.0 Å². The van der Waals surface area contributed by atoms with Gasteiger partial charge in [0, 0.05) is 11.8 Å². The van der Waals surface area contributed by atoms with Crippen molar-refractivity contribution in [3.63, 3.8) is 0 Å². The zero-order valence-electron chi connectivity index (χ0n) is 5.87. The van der Waals surface area contributed by atoms with E-state index in [0.717, 1.165) is 0 Å². The molecule has 52 valence electrons. The fourth-order valence-corrected chi connectivity index (χ4v) is 0.735. The van der Waals surface area contributed by atoms with E-state index in [-0.39, 0.29) is 62.1 Å². The van der Waals surface area contributed by atoms with Gasteiger partial charge in [0.05, 0.1) is 5.97 Å². The van der Waals surface area contributed by atoms with Crippen LogP contribution in [0.4, 0.5) is 0 Å². The number of nitrogens with zero attached hydrogens (tertiary/aromatic N) is 1. The van der Waals surface area contributed by atoms with Crippen molar-refractivity contribution >= 4 is 17.6 Å². The first-order valence-electron chi connectivity index (χ1n) is 2.53. The summed E-state index contributed by atoms with van der Waals surface area (Å²) in [6, 6.07) is 2.82. The molecule has 1 aromatic rings. The van der Waals surface area contributed by atoms with Gasteiger partial charge in [0.1, 0.15) is 5.15 Å². The van der Waals surface area contributed by atoms with Crippen LogP contribution in [0.3, 0.4) is 0 Å². The Morgan fingerprint density at radius 1 is 1.64 bits per heavy atom. The van der Waals surface area contributed by atoms with Crippen LogP contribution in [0, 0.1) is 0 Å². The van der Waals surface area contributed by atoms with Gasteiger partial charge in [-0.15, -0.1) is 0 Å². The van der Waals surface area contributed by atoms with Crippen molar-refractivity contribution in [2.75, 3.05) is 0 Å². The average molecular weight is 196 g/mol. The minimum Gasteiger partial charge on any atom is -0.545 e. The molecule has 0 amide bonds. The molecule has 3 nitrogen and oxygen atoms in total. The Morgan fingerprint density at radius 2 is 2.27 bits per heavy atom. The molecule has 0 saturated heterocycles. The number of aromatic carboxylic acids is 1. The normalized spacial score (nSPS) is 8.45. The van der Waals surface area contributed by atoms with Gasteiger partial charge >= 0.3 is 51.4 Å². The number of carboxylic acids is 1. The first kappa shape index (κ1) is 11.5. The number of carbonyl (C=O) groups excluding carboxylic acids is 1. The van der Waals surface area contributed by atoms with Gasteiger partial charge in [-0.2, -0.15) is 0 Å². The molecular formula is C6H3ClKNO2. The Labute approximate surface area is 111 Å². The summed E-state index contributed by atoms with van der Waals surface area (Å²) in [6.45, 7) is 0. The summed E-state index contributed by atoms with van der Waals surface area (Å²) in [4.78, 5) is 13.7. The molecule has 1 heterocycles. The maximum absolute atomic E-state index is 10.2. The van der Waals surface area contributed by atoms with Gasteiger partial charge in [0.15, 0.2) is 0 Å². The van der Waals surface area contributed by atoms with E-state index in [0.29, 0.717) is 0 Å². The third-order valence-corrected chi connectivity index (χ3v) is 1.28. The quantitative estimate of drug-likeness (QED) is 0.357. The van der Waals surface area contributed by atoms with Crippen LogP contribution >= 0.6 is 11.6 Å². The zero-order valence-corrected chi connectivity index (χ0v) is 9.75. The molecule has 0 saturated carbocycles. The minimum atomic E-state index is -1.31. The largest absolute Gasteiger partial charge is 1.00 e. The topological polar surface area (TPSA) is 53.0 Å². The Balaban J connectivity index is 0.000001000. The third-order valence-electron chi connectivity index (χ3n) is 0.979. The van der Waals surface area contributed by atoms with Gasteiger partial charge in [-0.1, -0.05) is 11.6 Å². The van der Waals surface area contributed by atoms with Crippen LogP contribution < -0.4 is 56.5 Å². The number of halogens is 1. The van der Waals surface area contributed by atoms with Crippen molar-refractivity contribution in [1.82, 2.24) is 4.98 Å². The summed E-state index contributed by atoms with van der Waals surface area (Å²) in [7, 11) is 0. The molecule has 0 fully saturated rings. The summed E-state index contributed by atoms with van der Waals surface area (Å²) >= 11 is 5.39. The Bertz CT molecular complexity index is 267. The van der Waals surface area contributed by atoms with Crippen molar-refractivity contribution < 1.29 is 61.3 Å². The molecule has 0 N–H and O–H groups in total. The molecular weight excluding hydrogens is 193 g/mol. The second kappa shape index (κ2) is 5.24. The third kappa shape index (κ3) is 3.19. The summed E-state index contributed by atoms with van der Waals surface area (Å²) in [6.07, 6.45) is 1.41. The summed E-state index contributed by atoms with van der Waals surface area (Å²) < 4.78 is 0. The Morgan fingerprint density at radius 3 is 2.64 bits per heavy atom. The molecule has 0 aliphatic rings. The second-order valence-corrected chi connectivity index (χ2v) is 1.99. The smallest absolute Gasteiger partial charge is 0.545 e. The van der Waals surface area contributed by atoms with Crippen LogP contribution in [0.2, 0.25) is 5.15 Å². The minimum absolute atomic E-state index is 0. The molecule has 0 bridgehead atoms. The van der Waals surface area contributed by atoms with E-state index in [1.165, 1.54) is 18.3 Å². The number of carboxylic acid groups (broad SMARTS) is 1. The Kier molecular flexibility index (Phi) is 5.50. The van der Waals surface area contributed by atoms with Crippen LogP contribution in [0.25, 0.3) is 0 Å². The number of aromatic nitrogens is 1. The monoisotopic (exact) mass is 195 g/mol. The molecule has 0 radical (unpaired) electrons. The first-order chi connectivity index (χ1) is 4.72. The molecule has 0 aromatic carbocycles. The molecule has 1 rings (SSSR count). The van der Waals surface area contributed by atoms with Gasteiger partial charge in [0.2, 0.25) is 0 Å². The van der Waals surface area contributed by atoms with Crippen LogP contribution in [0.1, 0.15) is 10.4 Å². The number of carbonyl (C=O) groups is 1. The molecule has 0 unspecified atom stereocenters. The predicted octanol–water partition coefficient (Wildman–Crippen LogP) is -2.90. The van der Waals surface area contributed by atoms with Crippen molar-refractivity contribution in [1.29, 1.82) is 0 Å². The number of hydrogen-bond donors (Lipinski definition) is 0. The van der Waals surface area contributed by atoms with Crippen LogP contribution in [-0.2, 0) is 0 Å². The number of rotatable bonds is 1.